The van der Waals surface area contributed by atoms with E-state index in [1.54, 1.807) is 7.11 Å². The number of hydrogen-bond donors (Lipinski definition) is 1. The van der Waals surface area contributed by atoms with Crippen molar-refractivity contribution in [2.75, 3.05) is 7.11 Å². The van der Waals surface area contributed by atoms with Crippen LogP contribution in [0.1, 0.15) is 27.2 Å². The molecule has 1 aliphatic rings. The van der Waals surface area contributed by atoms with Crippen molar-refractivity contribution in [3.05, 3.63) is 0 Å². The summed E-state index contributed by atoms with van der Waals surface area (Å²) in [6.45, 7) is 6.44. The Morgan fingerprint density at radius 3 is 1.91 bits per heavy atom. The average molecular weight is 180 g/mol. The summed E-state index contributed by atoms with van der Waals surface area (Å²) >= 11 is 0. The van der Waals surface area contributed by atoms with E-state index in [4.69, 9.17) is 10.5 Å². The van der Waals surface area contributed by atoms with Crippen molar-refractivity contribution >= 4 is 12.4 Å². The van der Waals surface area contributed by atoms with Gasteiger partial charge in [-0.25, -0.2) is 0 Å². The van der Waals surface area contributed by atoms with Gasteiger partial charge in [0.15, 0.2) is 0 Å². The smallest absolute Gasteiger partial charge is 0.0731 e. The van der Waals surface area contributed by atoms with Gasteiger partial charge >= 0.3 is 0 Å². The molecule has 3 heteroatoms. The van der Waals surface area contributed by atoms with Crippen molar-refractivity contribution in [1.82, 2.24) is 0 Å². The van der Waals surface area contributed by atoms with Crippen LogP contribution in [0.15, 0.2) is 0 Å². The Morgan fingerprint density at radius 2 is 1.82 bits per heavy atom. The fourth-order valence-electron chi connectivity index (χ4n) is 1.55. The molecule has 0 bridgehead atoms. The van der Waals surface area contributed by atoms with Crippen LogP contribution in [0.3, 0.4) is 0 Å². The summed E-state index contributed by atoms with van der Waals surface area (Å²) in [5, 5.41) is 0. The third kappa shape index (κ3) is 1.28. The summed E-state index contributed by atoms with van der Waals surface area (Å²) in [6, 6.07) is 0.303. The number of rotatable bonds is 1. The number of halogens is 1. The lowest BCUT2D eigenvalue weighted by Gasteiger charge is -2.57. The van der Waals surface area contributed by atoms with Crippen molar-refractivity contribution < 1.29 is 4.74 Å². The molecule has 2 unspecified atom stereocenters. The SMILES string of the molecule is COC1(C)CC(N)C1(C)C.Cl. The minimum absolute atomic E-state index is 0. The lowest BCUT2D eigenvalue weighted by atomic mass is 9.56. The zero-order valence-corrected chi connectivity index (χ0v) is 8.49. The van der Waals surface area contributed by atoms with Gasteiger partial charge in [-0.3, -0.25) is 0 Å². The monoisotopic (exact) mass is 179 g/mol. The first-order valence-electron chi connectivity index (χ1n) is 3.75. The molecular formula is C8H18ClNO. The van der Waals surface area contributed by atoms with Gasteiger partial charge in [-0.05, 0) is 13.3 Å². The highest BCUT2D eigenvalue weighted by Gasteiger charge is 2.55. The van der Waals surface area contributed by atoms with Gasteiger partial charge in [0, 0.05) is 18.6 Å². The molecule has 0 spiro atoms. The fraction of sp³-hybridized carbons (Fsp3) is 1.00. The molecule has 2 N–H and O–H groups in total. The number of methoxy groups -OCH3 is 1. The Bertz CT molecular complexity index is 146. The molecule has 11 heavy (non-hydrogen) atoms. The molecule has 0 heterocycles. The van der Waals surface area contributed by atoms with E-state index in [9.17, 15) is 0 Å². The molecule has 1 aliphatic carbocycles. The van der Waals surface area contributed by atoms with Gasteiger partial charge in [-0.1, -0.05) is 13.8 Å². The van der Waals surface area contributed by atoms with Crippen LogP contribution in [0, 0.1) is 5.41 Å². The summed E-state index contributed by atoms with van der Waals surface area (Å²) < 4.78 is 5.38. The second-order valence-electron chi connectivity index (χ2n) is 3.97. The maximum Gasteiger partial charge on any atom is 0.0731 e. The van der Waals surface area contributed by atoms with Crippen LogP contribution in [-0.4, -0.2) is 18.8 Å². The maximum absolute atomic E-state index is 5.83. The first-order valence-corrected chi connectivity index (χ1v) is 3.75. The largest absolute Gasteiger partial charge is 0.378 e. The molecule has 0 radical (unpaired) electrons. The number of nitrogens with two attached hydrogens (primary N) is 1. The zero-order valence-electron chi connectivity index (χ0n) is 7.68. The Labute approximate surface area is 74.9 Å². The van der Waals surface area contributed by atoms with Crippen LogP contribution >= 0.6 is 12.4 Å². The standard InChI is InChI=1S/C8H17NO.ClH/c1-7(2)6(9)5-8(7,3)10-4;/h6H,5,9H2,1-4H3;1H. The first-order chi connectivity index (χ1) is 4.44. The van der Waals surface area contributed by atoms with Gasteiger partial charge < -0.3 is 10.5 Å². The molecule has 0 aromatic heterocycles. The van der Waals surface area contributed by atoms with E-state index in [0.717, 1.165) is 6.42 Å². The molecule has 0 amide bonds. The van der Waals surface area contributed by atoms with Gasteiger partial charge in [0.05, 0.1) is 5.60 Å². The summed E-state index contributed by atoms with van der Waals surface area (Å²) in [7, 11) is 1.76. The molecule has 0 saturated heterocycles. The molecule has 1 saturated carbocycles. The van der Waals surface area contributed by atoms with E-state index in [0.29, 0.717) is 6.04 Å². The van der Waals surface area contributed by atoms with E-state index in [1.807, 2.05) is 0 Å². The Balaban J connectivity index is 0.000001000. The number of ether oxygens (including phenoxy) is 1. The summed E-state index contributed by atoms with van der Waals surface area (Å²) in [6.07, 6.45) is 0.983. The van der Waals surface area contributed by atoms with Crippen LogP contribution in [0.4, 0.5) is 0 Å². The molecule has 2 atom stereocenters. The highest BCUT2D eigenvalue weighted by molar-refractivity contribution is 5.85. The van der Waals surface area contributed by atoms with Crippen LogP contribution in [0.5, 0.6) is 0 Å². The molecule has 0 aromatic rings. The predicted molar refractivity (Wildman–Crippen MR) is 49.0 cm³/mol. The Kier molecular flexibility index (Phi) is 2.98. The summed E-state index contributed by atoms with van der Waals surface area (Å²) in [4.78, 5) is 0. The van der Waals surface area contributed by atoms with E-state index >= 15 is 0 Å². The normalized spacial score (nSPS) is 40.6. The van der Waals surface area contributed by atoms with Crippen LogP contribution in [0.25, 0.3) is 0 Å². The zero-order chi connectivity index (χ0) is 7.99. The molecule has 0 aliphatic heterocycles. The topological polar surface area (TPSA) is 35.2 Å². The quantitative estimate of drug-likeness (QED) is 0.664. The molecular weight excluding hydrogens is 162 g/mol. The molecule has 1 fully saturated rings. The van der Waals surface area contributed by atoms with Gasteiger partial charge in [0.1, 0.15) is 0 Å². The molecule has 68 valence electrons. The molecule has 2 nitrogen and oxygen atoms in total. The van der Waals surface area contributed by atoms with Crippen molar-refractivity contribution in [2.45, 2.75) is 38.8 Å². The number of hydrogen-bond acceptors (Lipinski definition) is 2. The van der Waals surface area contributed by atoms with Gasteiger partial charge in [-0.15, -0.1) is 12.4 Å². The van der Waals surface area contributed by atoms with Gasteiger partial charge in [0.25, 0.3) is 0 Å². The van der Waals surface area contributed by atoms with Gasteiger partial charge in [-0.2, -0.15) is 0 Å². The van der Waals surface area contributed by atoms with Crippen LogP contribution < -0.4 is 5.73 Å². The van der Waals surface area contributed by atoms with Crippen molar-refractivity contribution in [3.8, 4) is 0 Å². The van der Waals surface area contributed by atoms with Crippen molar-refractivity contribution in [2.24, 2.45) is 11.1 Å². The van der Waals surface area contributed by atoms with Crippen LogP contribution in [-0.2, 0) is 4.74 Å². The highest BCUT2D eigenvalue weighted by Crippen LogP contribution is 2.50. The van der Waals surface area contributed by atoms with Crippen molar-refractivity contribution in [3.63, 3.8) is 0 Å². The highest BCUT2D eigenvalue weighted by atomic mass is 35.5. The lowest BCUT2D eigenvalue weighted by molar-refractivity contribution is -0.171. The third-order valence-corrected chi connectivity index (χ3v) is 3.35. The van der Waals surface area contributed by atoms with E-state index in [1.165, 1.54) is 0 Å². The molecule has 0 aromatic carbocycles. The van der Waals surface area contributed by atoms with Gasteiger partial charge in [0.2, 0.25) is 0 Å². The fourth-order valence-corrected chi connectivity index (χ4v) is 1.55. The third-order valence-electron chi connectivity index (χ3n) is 3.35. The first kappa shape index (κ1) is 11.2. The Morgan fingerprint density at radius 1 is 1.36 bits per heavy atom. The molecule has 1 rings (SSSR count). The minimum Gasteiger partial charge on any atom is -0.378 e. The Hall–Kier alpha value is 0.210. The summed E-state index contributed by atoms with van der Waals surface area (Å²) in [5.41, 5.74) is 5.97. The van der Waals surface area contributed by atoms with E-state index in [-0.39, 0.29) is 23.4 Å². The second-order valence-corrected chi connectivity index (χ2v) is 3.97. The average Bonchev–Trinajstić information content (AvgIpc) is 1.88. The van der Waals surface area contributed by atoms with E-state index < -0.39 is 0 Å². The van der Waals surface area contributed by atoms with Crippen LogP contribution in [0.2, 0.25) is 0 Å². The minimum atomic E-state index is 0. The van der Waals surface area contributed by atoms with E-state index in [2.05, 4.69) is 20.8 Å². The maximum atomic E-state index is 5.83. The second kappa shape index (κ2) is 2.92. The van der Waals surface area contributed by atoms with Crippen molar-refractivity contribution in [1.29, 1.82) is 0 Å². The predicted octanol–water partition coefficient (Wildman–Crippen LogP) is 1.57. The lowest BCUT2D eigenvalue weighted by Crippen LogP contribution is -2.66. The summed E-state index contributed by atoms with van der Waals surface area (Å²) in [5.74, 6) is 0.